The van der Waals surface area contributed by atoms with Gasteiger partial charge in [0.15, 0.2) is 0 Å². The summed E-state index contributed by atoms with van der Waals surface area (Å²) in [5, 5.41) is 0. The van der Waals surface area contributed by atoms with Crippen molar-refractivity contribution in [3.8, 4) is 0 Å². The molecule has 4 aliphatic rings. The molecular formula is C22H40O2. The summed E-state index contributed by atoms with van der Waals surface area (Å²) in [5.41, 5.74) is 0.878. The predicted octanol–water partition coefficient (Wildman–Crippen LogP) is 5.70. The molecular weight excluding hydrogens is 296 g/mol. The maximum Gasteiger partial charge on any atom is 0.0628 e. The molecule has 2 heteroatoms. The molecule has 0 spiro atoms. The first-order valence-corrected chi connectivity index (χ1v) is 10.1. The van der Waals surface area contributed by atoms with Crippen molar-refractivity contribution >= 4 is 0 Å². The summed E-state index contributed by atoms with van der Waals surface area (Å²) in [6, 6.07) is 0. The number of ether oxygens (including phenoxy) is 2. The summed E-state index contributed by atoms with van der Waals surface area (Å²) in [7, 11) is 3.89. The molecule has 8 atom stereocenters. The Kier molecular flexibility index (Phi) is 5.13. The average molecular weight is 337 g/mol. The minimum atomic E-state index is 0. The number of methoxy groups -OCH3 is 2. The SMILES string of the molecule is C.COC1CC2(C)C(OC)CCC2C2CCC3CCCCC3(C)C12. The lowest BCUT2D eigenvalue weighted by Gasteiger charge is -2.62. The van der Waals surface area contributed by atoms with Crippen molar-refractivity contribution in [2.75, 3.05) is 14.2 Å². The van der Waals surface area contributed by atoms with Crippen molar-refractivity contribution in [2.45, 2.75) is 91.3 Å². The van der Waals surface area contributed by atoms with E-state index in [0.29, 0.717) is 23.0 Å². The summed E-state index contributed by atoms with van der Waals surface area (Å²) in [6.45, 7) is 5.14. The van der Waals surface area contributed by atoms with E-state index in [9.17, 15) is 0 Å². The Morgan fingerprint density at radius 3 is 2.33 bits per heavy atom. The molecule has 0 aromatic heterocycles. The summed E-state index contributed by atoms with van der Waals surface area (Å²) >= 11 is 0. The topological polar surface area (TPSA) is 18.5 Å². The molecule has 0 amide bonds. The third-order valence-electron chi connectivity index (χ3n) is 8.99. The first kappa shape index (κ1) is 18.7. The monoisotopic (exact) mass is 336 g/mol. The molecule has 0 radical (unpaired) electrons. The van der Waals surface area contributed by atoms with Crippen LogP contribution in [0.25, 0.3) is 0 Å². The van der Waals surface area contributed by atoms with Crippen LogP contribution in [0.2, 0.25) is 0 Å². The average Bonchev–Trinajstić information content (AvgIpc) is 2.89. The maximum atomic E-state index is 6.19. The molecule has 0 aliphatic heterocycles. The van der Waals surface area contributed by atoms with E-state index in [4.69, 9.17) is 9.47 Å². The number of rotatable bonds is 2. The lowest BCUT2D eigenvalue weighted by atomic mass is 9.44. The number of hydrogen-bond donors (Lipinski definition) is 0. The minimum Gasteiger partial charge on any atom is -0.381 e. The van der Waals surface area contributed by atoms with Gasteiger partial charge in [-0.2, -0.15) is 0 Å². The summed E-state index contributed by atoms with van der Waals surface area (Å²) < 4.78 is 12.1. The molecule has 0 N–H and O–H groups in total. The van der Waals surface area contributed by atoms with Gasteiger partial charge in [0.1, 0.15) is 0 Å². The van der Waals surface area contributed by atoms with Gasteiger partial charge in [-0.15, -0.1) is 0 Å². The number of hydrogen-bond acceptors (Lipinski definition) is 2. The van der Waals surface area contributed by atoms with Crippen molar-refractivity contribution in [1.82, 2.24) is 0 Å². The third-order valence-corrected chi connectivity index (χ3v) is 8.99. The number of fused-ring (bicyclic) bond motifs is 5. The largest absolute Gasteiger partial charge is 0.381 e. The molecule has 0 aromatic rings. The van der Waals surface area contributed by atoms with Crippen LogP contribution in [0.4, 0.5) is 0 Å². The fourth-order valence-corrected chi connectivity index (χ4v) is 7.95. The Hall–Kier alpha value is -0.0800. The summed E-state index contributed by atoms with van der Waals surface area (Å²) in [5.74, 6) is 3.49. The van der Waals surface area contributed by atoms with E-state index in [1.54, 1.807) is 0 Å². The molecule has 0 heterocycles. The fraction of sp³-hybridized carbons (Fsp3) is 1.00. The van der Waals surface area contributed by atoms with Crippen molar-refractivity contribution < 1.29 is 9.47 Å². The van der Waals surface area contributed by atoms with Gasteiger partial charge in [0.05, 0.1) is 12.2 Å². The molecule has 0 aromatic carbocycles. The Morgan fingerprint density at radius 1 is 0.833 bits per heavy atom. The second kappa shape index (κ2) is 6.58. The molecule has 24 heavy (non-hydrogen) atoms. The first-order chi connectivity index (χ1) is 11.0. The summed E-state index contributed by atoms with van der Waals surface area (Å²) in [4.78, 5) is 0. The highest BCUT2D eigenvalue weighted by atomic mass is 16.5. The molecule has 8 unspecified atom stereocenters. The highest BCUT2D eigenvalue weighted by molar-refractivity contribution is 5.12. The maximum absolute atomic E-state index is 6.19. The van der Waals surface area contributed by atoms with E-state index in [1.807, 2.05) is 14.2 Å². The van der Waals surface area contributed by atoms with Gasteiger partial charge in [-0.3, -0.25) is 0 Å². The zero-order valence-electron chi connectivity index (χ0n) is 15.6. The first-order valence-electron chi connectivity index (χ1n) is 10.1. The quantitative estimate of drug-likeness (QED) is 0.644. The Balaban J connectivity index is 0.00000169. The smallest absolute Gasteiger partial charge is 0.0628 e. The molecule has 2 nitrogen and oxygen atoms in total. The van der Waals surface area contributed by atoms with Crippen molar-refractivity contribution in [3.05, 3.63) is 0 Å². The molecule has 4 aliphatic carbocycles. The molecule has 140 valence electrons. The van der Waals surface area contributed by atoms with Crippen molar-refractivity contribution in [2.24, 2.45) is 34.5 Å². The minimum absolute atomic E-state index is 0. The van der Waals surface area contributed by atoms with Crippen LogP contribution in [0, 0.1) is 34.5 Å². The third kappa shape index (κ3) is 2.42. The van der Waals surface area contributed by atoms with E-state index in [1.165, 1.54) is 57.8 Å². The second-order valence-electron chi connectivity index (χ2n) is 9.61. The zero-order chi connectivity index (χ0) is 16.2. The normalized spacial score (nSPS) is 53.5. The fourth-order valence-electron chi connectivity index (χ4n) is 7.95. The van der Waals surface area contributed by atoms with E-state index in [0.717, 1.165) is 23.7 Å². The predicted molar refractivity (Wildman–Crippen MR) is 100 cm³/mol. The van der Waals surface area contributed by atoms with Gasteiger partial charge in [-0.1, -0.05) is 34.1 Å². The summed E-state index contributed by atoms with van der Waals surface area (Å²) in [6.07, 6.45) is 13.5. The molecule has 4 fully saturated rings. The Labute approximate surface area is 150 Å². The lowest BCUT2D eigenvalue weighted by molar-refractivity contribution is -0.186. The van der Waals surface area contributed by atoms with Crippen LogP contribution < -0.4 is 0 Å². The highest BCUT2D eigenvalue weighted by Crippen LogP contribution is 2.66. The van der Waals surface area contributed by atoms with Gasteiger partial charge in [0, 0.05) is 14.2 Å². The van der Waals surface area contributed by atoms with Crippen LogP contribution in [0.3, 0.4) is 0 Å². The standard InChI is InChI=1S/C21H36O2.CH4/c1-20-12-6-5-7-14(20)8-9-15-16-10-11-18(23-4)21(16,2)13-17(22-3)19(15)20;/h14-19H,5-13H2,1-4H3;1H4. The van der Waals surface area contributed by atoms with Gasteiger partial charge < -0.3 is 9.47 Å². The zero-order valence-corrected chi connectivity index (χ0v) is 15.6. The van der Waals surface area contributed by atoms with E-state index >= 15 is 0 Å². The molecule has 4 rings (SSSR count). The lowest BCUT2D eigenvalue weighted by Crippen LogP contribution is -2.59. The van der Waals surface area contributed by atoms with Gasteiger partial charge in [-0.25, -0.2) is 0 Å². The van der Waals surface area contributed by atoms with E-state index in [-0.39, 0.29) is 7.43 Å². The van der Waals surface area contributed by atoms with Crippen LogP contribution in [-0.4, -0.2) is 26.4 Å². The Morgan fingerprint density at radius 2 is 1.62 bits per heavy atom. The van der Waals surface area contributed by atoms with Crippen LogP contribution in [0.1, 0.15) is 79.1 Å². The molecule has 0 saturated heterocycles. The van der Waals surface area contributed by atoms with Gasteiger partial charge in [0.25, 0.3) is 0 Å². The van der Waals surface area contributed by atoms with Crippen molar-refractivity contribution in [1.29, 1.82) is 0 Å². The van der Waals surface area contributed by atoms with Crippen LogP contribution in [0.15, 0.2) is 0 Å². The molecule has 0 bridgehead atoms. The van der Waals surface area contributed by atoms with E-state index in [2.05, 4.69) is 13.8 Å². The van der Waals surface area contributed by atoms with Gasteiger partial charge in [0.2, 0.25) is 0 Å². The van der Waals surface area contributed by atoms with Gasteiger partial charge in [-0.05, 0) is 79.4 Å². The van der Waals surface area contributed by atoms with Crippen molar-refractivity contribution in [3.63, 3.8) is 0 Å². The van der Waals surface area contributed by atoms with Crippen LogP contribution >= 0.6 is 0 Å². The van der Waals surface area contributed by atoms with Crippen LogP contribution in [0.5, 0.6) is 0 Å². The second-order valence-corrected chi connectivity index (χ2v) is 9.61. The molecule has 4 saturated carbocycles. The Bertz CT molecular complexity index is 449. The van der Waals surface area contributed by atoms with Crippen LogP contribution in [-0.2, 0) is 9.47 Å². The highest BCUT2D eigenvalue weighted by Gasteiger charge is 2.63. The van der Waals surface area contributed by atoms with Gasteiger partial charge >= 0.3 is 0 Å². The van der Waals surface area contributed by atoms with E-state index < -0.39 is 0 Å².